The summed E-state index contributed by atoms with van der Waals surface area (Å²) in [6.45, 7) is 7.38. The van der Waals surface area contributed by atoms with Gasteiger partial charge < -0.3 is 9.76 Å². The minimum absolute atomic E-state index is 0.364. The highest BCUT2D eigenvalue weighted by Gasteiger charge is 2.35. The van der Waals surface area contributed by atoms with Crippen molar-refractivity contribution in [1.82, 2.24) is 15.0 Å². The summed E-state index contributed by atoms with van der Waals surface area (Å²) in [6.07, 6.45) is 0. The molecule has 2 heterocycles. The fourth-order valence-corrected chi connectivity index (χ4v) is 6.56. The van der Waals surface area contributed by atoms with Crippen LogP contribution >= 0.6 is 11.3 Å². The molecule has 0 radical (unpaired) electrons. The van der Waals surface area contributed by atoms with Gasteiger partial charge in [0.05, 0.1) is 11.2 Å². The monoisotopic (exact) mass is 593 g/mol. The Labute approximate surface area is 261 Å². The summed E-state index contributed by atoms with van der Waals surface area (Å²) < 4.78 is 8.71. The first kappa shape index (κ1) is 28.4. The second kappa shape index (κ2) is 10.9. The van der Waals surface area contributed by atoms with Crippen LogP contribution in [0.5, 0.6) is 0 Å². The van der Waals surface area contributed by atoms with Crippen LogP contribution in [0.25, 0.3) is 65.1 Å². The van der Waals surface area contributed by atoms with E-state index in [9.17, 15) is 5.11 Å². The maximum absolute atomic E-state index is 10.6. The van der Waals surface area contributed by atoms with Crippen molar-refractivity contribution in [2.24, 2.45) is 0 Å². The molecule has 7 aromatic rings. The molecule has 0 saturated carbocycles. The van der Waals surface area contributed by atoms with Crippen molar-refractivity contribution in [2.75, 3.05) is 0 Å². The summed E-state index contributed by atoms with van der Waals surface area (Å²) >= 11 is 1.78. The van der Waals surface area contributed by atoms with Crippen LogP contribution in [0.4, 0.5) is 0 Å². The zero-order valence-electron chi connectivity index (χ0n) is 25.2. The summed E-state index contributed by atoms with van der Waals surface area (Å²) in [5.74, 6) is 1.89. The first-order valence-corrected chi connectivity index (χ1v) is 15.6. The molecule has 0 amide bonds. The van der Waals surface area contributed by atoms with Crippen molar-refractivity contribution in [1.29, 1.82) is 0 Å². The van der Waals surface area contributed by atoms with Gasteiger partial charge in [0.2, 0.25) is 0 Å². The Morgan fingerprint density at radius 3 is 1.98 bits per heavy atom. The molecule has 7 rings (SSSR count). The molecule has 0 unspecified atom stereocenters. The molecule has 7 heteroatoms. The molecule has 44 heavy (non-hydrogen) atoms. The van der Waals surface area contributed by atoms with E-state index in [0.29, 0.717) is 25.0 Å². The largest absolute Gasteiger partial charge is 0.427 e. The molecule has 0 bridgehead atoms. The van der Waals surface area contributed by atoms with E-state index in [2.05, 4.69) is 66.7 Å². The molecule has 5 nitrogen and oxygen atoms in total. The van der Waals surface area contributed by atoms with Gasteiger partial charge in [0.25, 0.3) is 0 Å². The highest BCUT2D eigenvalue weighted by atomic mass is 32.1. The lowest BCUT2D eigenvalue weighted by molar-refractivity contribution is -0.0893. The Morgan fingerprint density at radius 2 is 1.18 bits per heavy atom. The zero-order valence-corrected chi connectivity index (χ0v) is 26.0. The van der Waals surface area contributed by atoms with Crippen LogP contribution in [0.1, 0.15) is 27.7 Å². The average molecular weight is 594 g/mol. The van der Waals surface area contributed by atoms with Crippen molar-refractivity contribution in [3.05, 3.63) is 109 Å². The van der Waals surface area contributed by atoms with E-state index < -0.39 is 11.2 Å². The third-order valence-electron chi connectivity index (χ3n) is 8.63. The molecule has 2 aromatic heterocycles. The van der Waals surface area contributed by atoms with Gasteiger partial charge in [-0.2, -0.15) is 0 Å². The fourth-order valence-electron chi connectivity index (χ4n) is 5.42. The summed E-state index contributed by atoms with van der Waals surface area (Å²) in [5.41, 5.74) is 2.16. The SMILES string of the molecule is CC(C)(O)C(C)(C)OBc1cccc2c(-c3nc(-c4ccccc4)nc(-c4cccc5sc6ccccc6c45)n3)cccc12. The van der Waals surface area contributed by atoms with Gasteiger partial charge in [-0.15, -0.1) is 11.3 Å². The van der Waals surface area contributed by atoms with Gasteiger partial charge in [0, 0.05) is 36.9 Å². The number of aliphatic hydroxyl groups is 1. The lowest BCUT2D eigenvalue weighted by Crippen LogP contribution is -2.49. The van der Waals surface area contributed by atoms with Gasteiger partial charge >= 0.3 is 7.48 Å². The zero-order chi connectivity index (χ0) is 30.5. The Hall–Kier alpha value is -4.43. The Morgan fingerprint density at radius 1 is 0.591 bits per heavy atom. The number of thiophene rings is 1. The van der Waals surface area contributed by atoms with Crippen LogP contribution in [-0.4, -0.2) is 38.7 Å². The number of hydrogen-bond acceptors (Lipinski definition) is 6. The molecule has 1 N–H and O–H groups in total. The Bertz CT molecular complexity index is 2150. The van der Waals surface area contributed by atoms with E-state index in [4.69, 9.17) is 19.6 Å². The third kappa shape index (κ3) is 5.07. The van der Waals surface area contributed by atoms with E-state index in [-0.39, 0.29) is 0 Å². The topological polar surface area (TPSA) is 68.1 Å². The molecule has 0 saturated heterocycles. The molecule has 0 aliphatic carbocycles. The number of rotatable bonds is 7. The van der Waals surface area contributed by atoms with Crippen molar-refractivity contribution >= 4 is 55.2 Å². The van der Waals surface area contributed by atoms with Crippen LogP contribution in [-0.2, 0) is 4.65 Å². The summed E-state index contributed by atoms with van der Waals surface area (Å²) in [5, 5.41) is 15.1. The van der Waals surface area contributed by atoms with Crippen LogP contribution in [0.2, 0.25) is 0 Å². The van der Waals surface area contributed by atoms with E-state index in [1.807, 2.05) is 56.3 Å². The minimum atomic E-state index is -0.992. The summed E-state index contributed by atoms with van der Waals surface area (Å²) in [6, 6.07) is 37.4. The normalized spacial score (nSPS) is 12.3. The van der Waals surface area contributed by atoms with Crippen molar-refractivity contribution < 1.29 is 9.76 Å². The van der Waals surface area contributed by atoms with Crippen LogP contribution in [0.3, 0.4) is 0 Å². The predicted octanol–water partition coefficient (Wildman–Crippen LogP) is 7.94. The molecule has 0 atom stereocenters. The summed E-state index contributed by atoms with van der Waals surface area (Å²) in [4.78, 5) is 15.2. The average Bonchev–Trinajstić information content (AvgIpc) is 3.42. The number of hydrogen-bond donors (Lipinski definition) is 1. The number of nitrogens with zero attached hydrogens (tertiary/aromatic N) is 3. The first-order chi connectivity index (χ1) is 21.2. The molecule has 0 spiro atoms. The van der Waals surface area contributed by atoms with Crippen LogP contribution in [0.15, 0.2) is 109 Å². The van der Waals surface area contributed by atoms with Crippen molar-refractivity contribution in [2.45, 2.75) is 38.9 Å². The molecule has 0 aliphatic heterocycles. The Balaban J connectivity index is 1.41. The van der Waals surface area contributed by atoms with E-state index in [0.717, 1.165) is 38.3 Å². The summed E-state index contributed by atoms with van der Waals surface area (Å²) in [7, 11) is 0.364. The molecule has 0 aliphatic rings. The second-order valence-electron chi connectivity index (χ2n) is 12.1. The first-order valence-electron chi connectivity index (χ1n) is 14.8. The highest BCUT2D eigenvalue weighted by molar-refractivity contribution is 7.25. The number of fused-ring (bicyclic) bond motifs is 4. The predicted molar refractivity (Wildman–Crippen MR) is 185 cm³/mol. The van der Waals surface area contributed by atoms with E-state index >= 15 is 0 Å². The maximum atomic E-state index is 10.6. The van der Waals surface area contributed by atoms with Gasteiger partial charge in [-0.3, -0.25) is 0 Å². The fraction of sp³-hybridized carbons (Fsp3) is 0.162. The van der Waals surface area contributed by atoms with Crippen LogP contribution in [0, 0.1) is 0 Å². The quantitative estimate of drug-likeness (QED) is 0.190. The smallest absolute Gasteiger partial charge is 0.310 e. The van der Waals surface area contributed by atoms with E-state index in [1.54, 1.807) is 25.2 Å². The van der Waals surface area contributed by atoms with Crippen LogP contribution < -0.4 is 5.46 Å². The third-order valence-corrected chi connectivity index (χ3v) is 9.76. The number of aromatic nitrogens is 3. The standard InChI is InChI=1S/C37H32BN3O2S/c1-36(2,42)37(3,4)43-38-29-20-11-16-24-25(29)17-10-18-26(24)34-39-33(23-13-6-5-7-14-23)40-35(41-34)28-19-12-22-31-32(28)27-15-8-9-21-30(27)44-31/h5-22,38,42H,1-4H3. The van der Waals surface area contributed by atoms with Gasteiger partial charge in [-0.25, -0.2) is 15.0 Å². The molecule has 5 aromatic carbocycles. The van der Waals surface area contributed by atoms with Gasteiger partial charge in [-0.05, 0) is 56.1 Å². The number of benzene rings is 5. The second-order valence-corrected chi connectivity index (χ2v) is 13.2. The highest BCUT2D eigenvalue weighted by Crippen LogP contribution is 2.40. The molecule has 0 fully saturated rings. The molecular formula is C37H32BN3O2S. The molecular weight excluding hydrogens is 561 g/mol. The van der Waals surface area contributed by atoms with Crippen molar-refractivity contribution in [3.8, 4) is 34.2 Å². The van der Waals surface area contributed by atoms with Gasteiger partial charge in [0.15, 0.2) is 17.5 Å². The van der Waals surface area contributed by atoms with E-state index in [1.165, 1.54) is 14.8 Å². The Kier molecular flexibility index (Phi) is 7.05. The lowest BCUT2D eigenvalue weighted by Gasteiger charge is -2.37. The van der Waals surface area contributed by atoms with Crippen molar-refractivity contribution in [3.63, 3.8) is 0 Å². The lowest BCUT2D eigenvalue weighted by atomic mass is 9.80. The maximum Gasteiger partial charge on any atom is 0.310 e. The minimum Gasteiger partial charge on any atom is -0.427 e. The van der Waals surface area contributed by atoms with Gasteiger partial charge in [-0.1, -0.05) is 97.1 Å². The van der Waals surface area contributed by atoms with Gasteiger partial charge in [0.1, 0.15) is 0 Å². The molecule has 216 valence electrons.